The highest BCUT2D eigenvalue weighted by Gasteiger charge is 2.39. The average molecular weight is 321 g/mol. The summed E-state index contributed by atoms with van der Waals surface area (Å²) in [6, 6.07) is 6.93. The molecule has 0 fully saturated rings. The predicted octanol–water partition coefficient (Wildman–Crippen LogP) is 2.89. The van der Waals surface area contributed by atoms with Gasteiger partial charge in [-0.3, -0.25) is 9.59 Å². The van der Waals surface area contributed by atoms with Gasteiger partial charge in [-0.05, 0) is 25.1 Å². The quantitative estimate of drug-likeness (QED) is 0.812. The van der Waals surface area contributed by atoms with E-state index in [0.717, 1.165) is 6.07 Å². The van der Waals surface area contributed by atoms with Gasteiger partial charge in [0.05, 0.1) is 11.1 Å². The van der Waals surface area contributed by atoms with E-state index in [4.69, 9.17) is 9.25 Å². The number of furan rings is 1. The summed E-state index contributed by atoms with van der Waals surface area (Å²) in [4.78, 5) is 40.8. The number of carbonyl (C=O) groups excluding carboxylic acids is 3. The van der Waals surface area contributed by atoms with Crippen LogP contribution in [0, 0.1) is 6.92 Å². The molecule has 118 valence electrons. The first kappa shape index (κ1) is 14.9. The molecule has 0 radical (unpaired) electrons. The summed E-state index contributed by atoms with van der Waals surface area (Å²) in [6.07, 6.45) is -2.89. The summed E-state index contributed by atoms with van der Waals surface area (Å²) < 4.78 is 29.9. The Morgan fingerprint density at radius 2 is 1.74 bits per heavy atom. The topological polar surface area (TPSA) is 76.8 Å². The maximum absolute atomic E-state index is 12.6. The van der Waals surface area contributed by atoms with Crippen molar-refractivity contribution in [2.75, 3.05) is 0 Å². The number of hydroxylamine groups is 2. The summed E-state index contributed by atoms with van der Waals surface area (Å²) in [7, 11) is 0. The summed E-state index contributed by atoms with van der Waals surface area (Å²) >= 11 is 0. The van der Waals surface area contributed by atoms with Crippen molar-refractivity contribution in [2.24, 2.45) is 0 Å². The molecule has 0 unspecified atom stereocenters. The minimum Gasteiger partial charge on any atom is -0.448 e. The number of benzene rings is 1. The number of amides is 2. The fourth-order valence-corrected chi connectivity index (χ4v) is 2.19. The van der Waals surface area contributed by atoms with Gasteiger partial charge in [-0.2, -0.15) is 0 Å². The number of halogens is 2. The Morgan fingerprint density at radius 1 is 1.17 bits per heavy atom. The predicted molar refractivity (Wildman–Crippen MR) is 70.8 cm³/mol. The third-order valence-corrected chi connectivity index (χ3v) is 3.27. The summed E-state index contributed by atoms with van der Waals surface area (Å²) in [5.41, 5.74) is 0.298. The molecule has 2 heterocycles. The van der Waals surface area contributed by atoms with Gasteiger partial charge in [0.1, 0.15) is 0 Å². The van der Waals surface area contributed by atoms with E-state index < -0.39 is 35.7 Å². The Morgan fingerprint density at radius 3 is 2.22 bits per heavy atom. The second kappa shape index (κ2) is 5.31. The van der Waals surface area contributed by atoms with Crippen molar-refractivity contribution in [2.45, 2.75) is 13.3 Å². The molecule has 1 aromatic heterocycles. The number of nitrogens with zero attached hydrogens (tertiary/aromatic N) is 1. The highest BCUT2D eigenvalue weighted by atomic mass is 19.3. The van der Waals surface area contributed by atoms with E-state index in [1.54, 1.807) is 12.1 Å². The van der Waals surface area contributed by atoms with E-state index in [-0.39, 0.29) is 21.8 Å². The van der Waals surface area contributed by atoms with Crippen molar-refractivity contribution < 1.29 is 32.4 Å². The van der Waals surface area contributed by atoms with Gasteiger partial charge in [-0.1, -0.05) is 17.2 Å². The van der Waals surface area contributed by atoms with E-state index in [1.807, 2.05) is 0 Å². The molecule has 2 aromatic rings. The SMILES string of the molecule is Cc1cc(C(F)F)oc1C(=O)ON1C(=O)c2ccccc2C1=O. The molecule has 0 N–H and O–H groups in total. The van der Waals surface area contributed by atoms with Crippen molar-refractivity contribution in [3.05, 3.63) is 58.5 Å². The average Bonchev–Trinajstić information content (AvgIpc) is 3.02. The Balaban J connectivity index is 1.85. The molecule has 0 spiro atoms. The minimum atomic E-state index is -2.89. The highest BCUT2D eigenvalue weighted by molar-refractivity contribution is 6.21. The minimum absolute atomic E-state index is 0.0923. The molecule has 0 atom stereocenters. The molecule has 2 amide bonds. The second-order valence-corrected chi connectivity index (χ2v) is 4.79. The zero-order valence-corrected chi connectivity index (χ0v) is 11.7. The third kappa shape index (κ3) is 2.37. The normalized spacial score (nSPS) is 13.7. The molecule has 0 saturated carbocycles. The number of hydrogen-bond acceptors (Lipinski definition) is 5. The molecule has 8 heteroatoms. The fraction of sp³-hybridized carbons (Fsp3) is 0.133. The molecule has 3 rings (SSSR count). The van der Waals surface area contributed by atoms with Crippen LogP contribution in [0.4, 0.5) is 8.78 Å². The molecule has 1 aliphatic heterocycles. The first-order valence-corrected chi connectivity index (χ1v) is 6.48. The molecular weight excluding hydrogens is 312 g/mol. The van der Waals surface area contributed by atoms with Gasteiger partial charge in [0.2, 0.25) is 5.76 Å². The van der Waals surface area contributed by atoms with Crippen LogP contribution in [-0.4, -0.2) is 22.8 Å². The monoisotopic (exact) mass is 321 g/mol. The van der Waals surface area contributed by atoms with E-state index in [2.05, 4.69) is 0 Å². The first-order chi connectivity index (χ1) is 10.9. The van der Waals surface area contributed by atoms with Gasteiger partial charge in [0, 0.05) is 5.56 Å². The molecule has 1 aromatic carbocycles. The Hall–Kier alpha value is -3.03. The van der Waals surface area contributed by atoms with Crippen molar-refractivity contribution >= 4 is 17.8 Å². The summed E-state index contributed by atoms with van der Waals surface area (Å²) in [5.74, 6) is -4.01. The van der Waals surface area contributed by atoms with Gasteiger partial charge in [0.15, 0.2) is 5.76 Å². The number of alkyl halides is 2. The zero-order chi connectivity index (χ0) is 16.7. The second-order valence-electron chi connectivity index (χ2n) is 4.79. The maximum atomic E-state index is 12.6. The van der Waals surface area contributed by atoms with Gasteiger partial charge in [-0.15, -0.1) is 0 Å². The number of rotatable bonds is 3. The van der Waals surface area contributed by atoms with Crippen molar-refractivity contribution in [1.29, 1.82) is 0 Å². The van der Waals surface area contributed by atoms with Crippen LogP contribution in [0.2, 0.25) is 0 Å². The van der Waals surface area contributed by atoms with Crippen LogP contribution in [0.15, 0.2) is 34.7 Å². The molecule has 0 bridgehead atoms. The molecule has 6 nitrogen and oxygen atoms in total. The molecule has 1 aliphatic rings. The maximum Gasteiger partial charge on any atom is 0.399 e. The highest BCUT2D eigenvalue weighted by Crippen LogP contribution is 2.27. The Kier molecular flexibility index (Phi) is 3.44. The lowest BCUT2D eigenvalue weighted by Gasteiger charge is -2.11. The zero-order valence-electron chi connectivity index (χ0n) is 11.7. The summed E-state index contributed by atoms with van der Waals surface area (Å²) in [6.45, 7) is 1.37. The molecule has 0 aliphatic carbocycles. The van der Waals surface area contributed by atoms with Crippen molar-refractivity contribution in [1.82, 2.24) is 5.06 Å². The largest absolute Gasteiger partial charge is 0.448 e. The van der Waals surface area contributed by atoms with Crippen molar-refractivity contribution in [3.8, 4) is 0 Å². The lowest BCUT2D eigenvalue weighted by atomic mass is 10.1. The van der Waals surface area contributed by atoms with Crippen molar-refractivity contribution in [3.63, 3.8) is 0 Å². The van der Waals surface area contributed by atoms with E-state index in [9.17, 15) is 23.2 Å². The van der Waals surface area contributed by atoms with Crippen LogP contribution in [0.25, 0.3) is 0 Å². The van der Waals surface area contributed by atoms with E-state index in [1.165, 1.54) is 19.1 Å². The lowest BCUT2D eigenvalue weighted by Crippen LogP contribution is -2.32. The molecule has 23 heavy (non-hydrogen) atoms. The van der Waals surface area contributed by atoms with E-state index >= 15 is 0 Å². The van der Waals surface area contributed by atoms with Crippen LogP contribution in [-0.2, 0) is 4.84 Å². The first-order valence-electron chi connectivity index (χ1n) is 6.48. The van der Waals surface area contributed by atoms with Crippen LogP contribution in [0.3, 0.4) is 0 Å². The summed E-state index contributed by atoms with van der Waals surface area (Å²) in [5, 5.41) is 0.289. The number of aryl methyl sites for hydroxylation is 1. The van der Waals surface area contributed by atoms with Crippen LogP contribution in [0.5, 0.6) is 0 Å². The molecule has 0 saturated heterocycles. The van der Waals surface area contributed by atoms with Crippen LogP contribution >= 0.6 is 0 Å². The van der Waals surface area contributed by atoms with Gasteiger partial charge in [-0.25, -0.2) is 13.6 Å². The lowest BCUT2D eigenvalue weighted by molar-refractivity contribution is -0.0606. The standard InChI is InChI=1S/C15H9F2NO5/c1-7-6-10(12(16)17)22-11(7)15(21)23-18-13(19)8-4-2-3-5-9(8)14(18)20/h2-6,12H,1H3. The Labute approximate surface area is 128 Å². The Bertz CT molecular complexity index is 792. The van der Waals surface area contributed by atoms with Gasteiger partial charge in [0.25, 0.3) is 18.2 Å². The smallest absolute Gasteiger partial charge is 0.399 e. The number of fused-ring (bicyclic) bond motifs is 1. The molecular formula is C15H9F2NO5. The van der Waals surface area contributed by atoms with Gasteiger partial charge >= 0.3 is 5.97 Å². The third-order valence-electron chi connectivity index (χ3n) is 3.27. The van der Waals surface area contributed by atoms with Crippen LogP contribution in [0.1, 0.15) is 49.0 Å². The number of carbonyl (C=O) groups is 3. The van der Waals surface area contributed by atoms with Crippen LogP contribution < -0.4 is 0 Å². The fourth-order valence-electron chi connectivity index (χ4n) is 2.19. The number of hydrogen-bond donors (Lipinski definition) is 0. The number of imide groups is 1. The van der Waals surface area contributed by atoms with E-state index in [0.29, 0.717) is 0 Å². The van der Waals surface area contributed by atoms with Gasteiger partial charge < -0.3 is 9.25 Å².